The van der Waals surface area contributed by atoms with Gasteiger partial charge in [0.05, 0.1) is 17.8 Å². The molecule has 0 saturated carbocycles. The van der Waals surface area contributed by atoms with Crippen LogP contribution in [0.1, 0.15) is 26.4 Å². The van der Waals surface area contributed by atoms with Crippen molar-refractivity contribution in [3.05, 3.63) is 58.2 Å². The molecule has 0 aromatic carbocycles. The first-order valence-electron chi connectivity index (χ1n) is 6.58. The number of nitrogens with zero attached hydrogens (tertiary/aromatic N) is 2. The van der Waals surface area contributed by atoms with Crippen LogP contribution in [0.3, 0.4) is 0 Å². The zero-order valence-corrected chi connectivity index (χ0v) is 12.5. The third kappa shape index (κ3) is 3.27. The summed E-state index contributed by atoms with van der Waals surface area (Å²) in [6.07, 6.45) is 2.50. The van der Waals surface area contributed by atoms with Gasteiger partial charge in [-0.3, -0.25) is 9.78 Å². The molecular weight excluding hydrogens is 318 g/mol. The Bertz CT molecular complexity index is 825. The van der Waals surface area contributed by atoms with Crippen LogP contribution in [0, 0.1) is 0 Å². The molecule has 2 N–H and O–H groups in total. The molecule has 0 aliphatic rings. The number of carbonyl (C=O) groups excluding carboxylic acids is 1. The minimum Gasteiger partial charge on any atom is -0.478 e. The van der Waals surface area contributed by atoms with Crippen molar-refractivity contribution in [1.82, 2.24) is 15.5 Å². The smallest absolute Gasteiger partial charge is 0.341 e. The molecule has 0 saturated heterocycles. The van der Waals surface area contributed by atoms with Crippen molar-refractivity contribution in [2.24, 2.45) is 0 Å². The largest absolute Gasteiger partial charge is 0.478 e. The summed E-state index contributed by atoms with van der Waals surface area (Å²) in [5.74, 6) is -1.52. The Balaban J connectivity index is 1.66. The fraction of sp³-hybridized carbons (Fsp3) is 0.0667. The number of aromatic carboxylic acids is 1. The number of thiophene rings is 1. The topological polar surface area (TPSA) is 105 Å². The van der Waals surface area contributed by atoms with Crippen LogP contribution < -0.4 is 5.32 Å². The van der Waals surface area contributed by atoms with Gasteiger partial charge in [-0.1, -0.05) is 5.16 Å². The Morgan fingerprint density at radius 2 is 2.17 bits per heavy atom. The van der Waals surface area contributed by atoms with E-state index in [2.05, 4.69) is 20.0 Å². The van der Waals surface area contributed by atoms with Gasteiger partial charge >= 0.3 is 5.97 Å². The Kier molecular flexibility index (Phi) is 4.15. The highest BCUT2D eigenvalue weighted by Crippen LogP contribution is 2.19. The molecule has 3 heterocycles. The van der Waals surface area contributed by atoms with Crippen molar-refractivity contribution in [2.45, 2.75) is 6.54 Å². The second-order valence-corrected chi connectivity index (χ2v) is 5.39. The summed E-state index contributed by atoms with van der Waals surface area (Å²) in [4.78, 5) is 27.2. The minimum absolute atomic E-state index is 0.0384. The molecule has 1 amide bonds. The lowest BCUT2D eigenvalue weighted by atomic mass is 10.2. The average molecular weight is 329 g/mol. The maximum atomic E-state index is 12.1. The highest BCUT2D eigenvalue weighted by atomic mass is 32.1. The zero-order chi connectivity index (χ0) is 16.2. The highest BCUT2D eigenvalue weighted by Gasteiger charge is 2.16. The number of carboxylic acids is 1. The first-order valence-corrected chi connectivity index (χ1v) is 7.53. The summed E-state index contributed by atoms with van der Waals surface area (Å²) in [5.41, 5.74) is 2.25. The number of rotatable bonds is 5. The molecular formula is C15H11N3O4S. The molecule has 7 nitrogen and oxygen atoms in total. The van der Waals surface area contributed by atoms with E-state index in [0.29, 0.717) is 5.56 Å². The molecule has 3 aromatic heterocycles. The van der Waals surface area contributed by atoms with E-state index in [-0.39, 0.29) is 23.7 Å². The van der Waals surface area contributed by atoms with Gasteiger partial charge in [0.2, 0.25) is 0 Å². The van der Waals surface area contributed by atoms with Crippen LogP contribution in [0.5, 0.6) is 0 Å². The highest BCUT2D eigenvalue weighted by molar-refractivity contribution is 7.08. The number of pyridine rings is 1. The van der Waals surface area contributed by atoms with Gasteiger partial charge in [-0.15, -0.1) is 0 Å². The molecule has 0 atom stereocenters. The molecule has 116 valence electrons. The van der Waals surface area contributed by atoms with Crippen LogP contribution in [-0.2, 0) is 6.54 Å². The van der Waals surface area contributed by atoms with Gasteiger partial charge in [0.15, 0.2) is 0 Å². The van der Waals surface area contributed by atoms with Crippen molar-refractivity contribution in [2.75, 3.05) is 0 Å². The first kappa shape index (κ1) is 14.9. The Morgan fingerprint density at radius 3 is 2.83 bits per heavy atom. The number of carboxylic acid groups (broad SMARTS) is 1. The molecule has 0 aliphatic heterocycles. The van der Waals surface area contributed by atoms with Crippen molar-refractivity contribution in [3.63, 3.8) is 0 Å². The van der Waals surface area contributed by atoms with Crippen molar-refractivity contribution < 1.29 is 19.2 Å². The van der Waals surface area contributed by atoms with Crippen LogP contribution in [0.25, 0.3) is 11.3 Å². The summed E-state index contributed by atoms with van der Waals surface area (Å²) in [7, 11) is 0. The van der Waals surface area contributed by atoms with E-state index >= 15 is 0 Å². The molecule has 0 radical (unpaired) electrons. The van der Waals surface area contributed by atoms with Crippen LogP contribution in [0.2, 0.25) is 0 Å². The van der Waals surface area contributed by atoms with Gasteiger partial charge in [-0.25, -0.2) is 4.79 Å². The van der Waals surface area contributed by atoms with Crippen molar-refractivity contribution >= 4 is 23.2 Å². The van der Waals surface area contributed by atoms with E-state index in [0.717, 1.165) is 17.5 Å². The summed E-state index contributed by atoms with van der Waals surface area (Å²) < 4.78 is 4.61. The molecule has 0 spiro atoms. The summed E-state index contributed by atoms with van der Waals surface area (Å²) in [6, 6.07) is 5.37. The molecule has 8 heteroatoms. The number of nitrogens with one attached hydrogen (secondary N) is 1. The Morgan fingerprint density at radius 1 is 1.30 bits per heavy atom. The lowest BCUT2D eigenvalue weighted by molar-refractivity contribution is 0.0694. The van der Waals surface area contributed by atoms with Gasteiger partial charge in [-0.2, -0.15) is 11.3 Å². The van der Waals surface area contributed by atoms with E-state index < -0.39 is 5.97 Å². The Labute approximate surface area is 134 Å². The van der Waals surface area contributed by atoms with Gasteiger partial charge in [0.1, 0.15) is 17.5 Å². The molecule has 0 fully saturated rings. The third-order valence-electron chi connectivity index (χ3n) is 3.13. The molecule has 3 rings (SSSR count). The minimum atomic E-state index is -1.16. The molecule has 23 heavy (non-hydrogen) atoms. The number of hydrogen-bond acceptors (Lipinski definition) is 6. The molecule has 0 unspecified atom stereocenters. The maximum Gasteiger partial charge on any atom is 0.341 e. The maximum absolute atomic E-state index is 12.1. The third-order valence-corrected chi connectivity index (χ3v) is 3.82. The zero-order valence-electron chi connectivity index (χ0n) is 11.7. The van der Waals surface area contributed by atoms with Gasteiger partial charge in [-0.05, 0) is 23.6 Å². The monoisotopic (exact) mass is 329 g/mol. The molecule has 3 aromatic rings. The fourth-order valence-corrected chi connectivity index (χ4v) is 2.59. The molecule has 0 bridgehead atoms. The molecule has 0 aliphatic carbocycles. The van der Waals surface area contributed by atoms with Crippen LogP contribution in [0.15, 0.2) is 45.9 Å². The Hall–Kier alpha value is -3.00. The quantitative estimate of drug-likeness (QED) is 0.745. The van der Waals surface area contributed by atoms with Gasteiger partial charge in [0, 0.05) is 17.1 Å². The number of carbonyl (C=O) groups is 2. The van der Waals surface area contributed by atoms with Gasteiger partial charge in [0.25, 0.3) is 5.91 Å². The van der Waals surface area contributed by atoms with E-state index in [1.807, 2.05) is 16.8 Å². The van der Waals surface area contributed by atoms with Gasteiger partial charge < -0.3 is 14.9 Å². The summed E-state index contributed by atoms with van der Waals surface area (Å²) in [5, 5.41) is 19.0. The van der Waals surface area contributed by atoms with Crippen LogP contribution >= 0.6 is 11.3 Å². The first-order chi connectivity index (χ1) is 11.1. The predicted molar refractivity (Wildman–Crippen MR) is 82.2 cm³/mol. The average Bonchev–Trinajstić information content (AvgIpc) is 3.24. The van der Waals surface area contributed by atoms with E-state index in [9.17, 15) is 9.59 Å². The second kappa shape index (κ2) is 6.41. The van der Waals surface area contributed by atoms with Crippen LogP contribution in [-0.4, -0.2) is 27.1 Å². The fourth-order valence-electron chi connectivity index (χ4n) is 1.94. The second-order valence-electron chi connectivity index (χ2n) is 4.61. The van der Waals surface area contributed by atoms with E-state index in [1.54, 1.807) is 23.5 Å². The number of hydrogen-bond donors (Lipinski definition) is 2. The summed E-state index contributed by atoms with van der Waals surface area (Å²) >= 11 is 1.57. The number of aromatic nitrogens is 2. The lowest BCUT2D eigenvalue weighted by Crippen LogP contribution is -2.24. The summed E-state index contributed by atoms with van der Waals surface area (Å²) in [6.45, 7) is -0.0384. The van der Waals surface area contributed by atoms with Crippen molar-refractivity contribution in [3.8, 4) is 11.3 Å². The predicted octanol–water partition coefficient (Wildman–Crippen LogP) is 2.43. The van der Waals surface area contributed by atoms with E-state index in [4.69, 9.17) is 5.11 Å². The standard InChI is InChI=1S/C15H11N3O4S/c19-14(17-6-13-11(15(20)21)7-22-18-13)9-1-2-12(16-5-9)10-3-4-23-8-10/h1-5,7-8H,6H2,(H,17,19)(H,20,21). The van der Waals surface area contributed by atoms with E-state index in [1.165, 1.54) is 6.20 Å². The van der Waals surface area contributed by atoms with Crippen molar-refractivity contribution in [1.29, 1.82) is 0 Å². The number of amides is 1. The lowest BCUT2D eigenvalue weighted by Gasteiger charge is -2.04. The van der Waals surface area contributed by atoms with Crippen LogP contribution in [0.4, 0.5) is 0 Å². The normalized spacial score (nSPS) is 10.4. The SMILES string of the molecule is O=C(NCc1nocc1C(=O)O)c1ccc(-c2ccsc2)nc1.